The maximum absolute atomic E-state index is 14.7. The summed E-state index contributed by atoms with van der Waals surface area (Å²) >= 11 is 0. The number of fused-ring (bicyclic) bond motifs is 1. The number of nitrogens with zero attached hydrogens (tertiary/aromatic N) is 3. The molecule has 7 nitrogen and oxygen atoms in total. The molecular weight excluding hydrogens is 480 g/mol. The molecule has 1 aliphatic heterocycles. The van der Waals surface area contributed by atoms with Gasteiger partial charge in [-0.25, -0.2) is 17.9 Å². The molecule has 1 fully saturated rings. The largest absolute Gasteiger partial charge is 0.413 e. The highest BCUT2D eigenvalue weighted by Crippen LogP contribution is 2.41. The molecule has 2 N–H and O–H groups in total. The zero-order valence-corrected chi connectivity index (χ0v) is 18.6. The zero-order chi connectivity index (χ0) is 25.7. The Balaban J connectivity index is 1.89. The van der Waals surface area contributed by atoms with Crippen LogP contribution in [0.1, 0.15) is 36.9 Å². The monoisotopic (exact) mass is 501 g/mol. The normalized spacial score (nSPS) is 19.5. The highest BCUT2D eigenvalue weighted by atomic mass is 19.4. The van der Waals surface area contributed by atoms with Crippen molar-refractivity contribution < 1.29 is 26.3 Å². The standard InChI is InChI=1S/C22H21F6N5O2/c1-11(12-4-3-5-13(17(12)23)18(24)25)30-19-15-9-33(21(22(26,27)28)6-7-29-10-21)16(34)8-14(15)20(35)32(2)31-19/h3-5,8-9,11,18,29H,6-7,10H2,1-2H3,(H,30,31)/t11-,21?/m1/s1. The van der Waals surface area contributed by atoms with Crippen molar-refractivity contribution in [2.45, 2.75) is 37.5 Å². The molecule has 0 radical (unpaired) electrons. The average molecular weight is 501 g/mol. The van der Waals surface area contributed by atoms with E-state index < -0.39 is 59.6 Å². The van der Waals surface area contributed by atoms with Crippen LogP contribution in [0.5, 0.6) is 0 Å². The Bertz CT molecular complexity index is 1390. The molecule has 3 heterocycles. The smallest absolute Gasteiger partial charge is 0.361 e. The first-order chi connectivity index (χ1) is 16.4. The highest BCUT2D eigenvalue weighted by molar-refractivity contribution is 5.90. The first-order valence-corrected chi connectivity index (χ1v) is 10.6. The molecule has 4 rings (SSSR count). The van der Waals surface area contributed by atoms with Crippen LogP contribution in [0.2, 0.25) is 0 Å². The Morgan fingerprint density at radius 3 is 2.46 bits per heavy atom. The van der Waals surface area contributed by atoms with E-state index >= 15 is 0 Å². The summed E-state index contributed by atoms with van der Waals surface area (Å²) in [5.41, 5.74) is -5.20. The number of halogens is 6. The number of aromatic nitrogens is 3. The first kappa shape index (κ1) is 24.8. The summed E-state index contributed by atoms with van der Waals surface area (Å²) < 4.78 is 84.7. The molecule has 0 saturated carbocycles. The predicted octanol–water partition coefficient (Wildman–Crippen LogP) is 3.60. The van der Waals surface area contributed by atoms with Crippen molar-refractivity contribution in [3.63, 3.8) is 0 Å². The second-order valence-electron chi connectivity index (χ2n) is 8.46. The van der Waals surface area contributed by atoms with Gasteiger partial charge in [0.15, 0.2) is 11.4 Å². The van der Waals surface area contributed by atoms with Crippen molar-refractivity contribution in [1.82, 2.24) is 19.7 Å². The van der Waals surface area contributed by atoms with Crippen LogP contribution in [0.25, 0.3) is 10.8 Å². The summed E-state index contributed by atoms with van der Waals surface area (Å²) in [6.07, 6.45) is -7.30. The first-order valence-electron chi connectivity index (χ1n) is 10.6. The van der Waals surface area contributed by atoms with Crippen molar-refractivity contribution in [3.8, 4) is 0 Å². The SMILES string of the molecule is C[C@@H](Nc1nn(C)c(=O)c2cc(=O)n(C3(C(F)(F)F)CCNC3)cc12)c1cccc(C(F)F)c1F. The van der Waals surface area contributed by atoms with Gasteiger partial charge in [-0.05, 0) is 19.9 Å². The molecule has 0 aliphatic carbocycles. The van der Waals surface area contributed by atoms with Crippen LogP contribution in [-0.2, 0) is 12.6 Å². The van der Waals surface area contributed by atoms with E-state index in [9.17, 15) is 35.9 Å². The van der Waals surface area contributed by atoms with Gasteiger partial charge in [0, 0.05) is 36.8 Å². The van der Waals surface area contributed by atoms with Gasteiger partial charge in [-0.15, -0.1) is 0 Å². The number of anilines is 1. The summed E-state index contributed by atoms with van der Waals surface area (Å²) in [5.74, 6) is -1.25. The minimum Gasteiger partial charge on any atom is -0.361 e. The molecule has 1 aromatic carbocycles. The van der Waals surface area contributed by atoms with Gasteiger partial charge in [0.1, 0.15) is 5.82 Å². The van der Waals surface area contributed by atoms with E-state index in [0.717, 1.165) is 23.0 Å². The fourth-order valence-corrected chi connectivity index (χ4v) is 4.38. The summed E-state index contributed by atoms with van der Waals surface area (Å²) in [6, 6.07) is 3.33. The minimum absolute atomic E-state index is 0.0285. The van der Waals surface area contributed by atoms with Crippen molar-refractivity contribution in [3.05, 3.63) is 68.1 Å². The lowest BCUT2D eigenvalue weighted by atomic mass is 9.96. The van der Waals surface area contributed by atoms with Crippen molar-refractivity contribution in [1.29, 1.82) is 0 Å². The molecule has 188 valence electrons. The molecule has 0 bridgehead atoms. The van der Waals surface area contributed by atoms with Gasteiger partial charge in [-0.2, -0.15) is 18.3 Å². The van der Waals surface area contributed by atoms with E-state index in [-0.39, 0.29) is 28.7 Å². The van der Waals surface area contributed by atoms with Crippen LogP contribution >= 0.6 is 0 Å². The van der Waals surface area contributed by atoms with Gasteiger partial charge >= 0.3 is 6.18 Å². The third-order valence-corrected chi connectivity index (χ3v) is 6.32. The van der Waals surface area contributed by atoms with E-state index in [2.05, 4.69) is 15.7 Å². The number of hydrogen-bond acceptors (Lipinski definition) is 5. The van der Waals surface area contributed by atoms with Gasteiger partial charge in [0.25, 0.3) is 17.5 Å². The van der Waals surface area contributed by atoms with Gasteiger partial charge in [-0.1, -0.05) is 18.2 Å². The second kappa shape index (κ2) is 8.70. The Kier molecular flexibility index (Phi) is 6.16. The summed E-state index contributed by atoms with van der Waals surface area (Å²) in [7, 11) is 1.28. The lowest BCUT2D eigenvalue weighted by Gasteiger charge is -2.33. The van der Waals surface area contributed by atoms with E-state index in [1.165, 1.54) is 26.1 Å². The molecule has 0 spiro atoms. The highest BCUT2D eigenvalue weighted by Gasteiger charge is 2.58. The summed E-state index contributed by atoms with van der Waals surface area (Å²) in [5, 5.41) is 9.18. The summed E-state index contributed by atoms with van der Waals surface area (Å²) in [6.45, 7) is 0.937. The quantitative estimate of drug-likeness (QED) is 0.523. The number of alkyl halides is 5. The molecular formula is C22H21F6N5O2. The van der Waals surface area contributed by atoms with Crippen LogP contribution in [0.3, 0.4) is 0 Å². The van der Waals surface area contributed by atoms with Crippen LogP contribution < -0.4 is 21.8 Å². The van der Waals surface area contributed by atoms with Crippen LogP contribution in [0.15, 0.2) is 40.1 Å². The van der Waals surface area contributed by atoms with Crippen molar-refractivity contribution in [2.24, 2.45) is 7.05 Å². The average Bonchev–Trinajstić information content (AvgIpc) is 3.28. The molecule has 2 atom stereocenters. The number of aryl methyl sites for hydroxylation is 1. The number of benzene rings is 1. The third-order valence-electron chi connectivity index (χ3n) is 6.32. The minimum atomic E-state index is -4.78. The number of rotatable bonds is 5. The Morgan fingerprint density at radius 2 is 1.86 bits per heavy atom. The topological polar surface area (TPSA) is 81.0 Å². The van der Waals surface area contributed by atoms with Gasteiger partial charge < -0.3 is 10.6 Å². The molecule has 3 aromatic rings. The molecule has 13 heteroatoms. The third kappa shape index (κ3) is 4.07. The maximum atomic E-state index is 14.7. The molecule has 2 aromatic heterocycles. The lowest BCUT2D eigenvalue weighted by Crippen LogP contribution is -2.53. The summed E-state index contributed by atoms with van der Waals surface area (Å²) in [4.78, 5) is 25.4. The van der Waals surface area contributed by atoms with E-state index in [0.29, 0.717) is 4.57 Å². The van der Waals surface area contributed by atoms with Gasteiger partial charge in [-0.3, -0.25) is 14.2 Å². The fourth-order valence-electron chi connectivity index (χ4n) is 4.38. The number of nitrogens with one attached hydrogen (secondary N) is 2. The molecule has 1 aliphatic rings. The molecule has 1 unspecified atom stereocenters. The van der Waals surface area contributed by atoms with Crippen LogP contribution in [0.4, 0.5) is 32.2 Å². The predicted molar refractivity (Wildman–Crippen MR) is 116 cm³/mol. The second-order valence-corrected chi connectivity index (χ2v) is 8.46. The van der Waals surface area contributed by atoms with E-state index in [1.54, 1.807) is 0 Å². The van der Waals surface area contributed by atoms with E-state index in [1.807, 2.05) is 0 Å². The number of pyridine rings is 1. The lowest BCUT2D eigenvalue weighted by molar-refractivity contribution is -0.209. The Hall–Kier alpha value is -3.35. The van der Waals surface area contributed by atoms with Crippen molar-refractivity contribution in [2.75, 3.05) is 18.4 Å². The molecule has 0 amide bonds. The van der Waals surface area contributed by atoms with Gasteiger partial charge in [0.2, 0.25) is 0 Å². The molecule has 1 saturated heterocycles. The Morgan fingerprint density at radius 1 is 1.17 bits per heavy atom. The Labute approximate surface area is 194 Å². The van der Waals surface area contributed by atoms with Crippen molar-refractivity contribution >= 4 is 16.6 Å². The fraction of sp³-hybridized carbons (Fsp3) is 0.409. The maximum Gasteiger partial charge on any atom is 0.413 e. The van der Waals surface area contributed by atoms with Gasteiger partial charge in [0.05, 0.1) is 17.0 Å². The molecule has 35 heavy (non-hydrogen) atoms. The van der Waals surface area contributed by atoms with Crippen LogP contribution in [-0.4, -0.2) is 33.6 Å². The van der Waals surface area contributed by atoms with E-state index in [4.69, 9.17) is 0 Å². The van der Waals surface area contributed by atoms with Crippen LogP contribution in [0, 0.1) is 5.82 Å². The number of hydrogen-bond donors (Lipinski definition) is 2. The zero-order valence-electron chi connectivity index (χ0n) is 18.6.